The predicted molar refractivity (Wildman–Crippen MR) is 68.6 cm³/mol. The number of aromatic amines is 1. The molecule has 0 aliphatic carbocycles. The number of carbonyl (C=O) groups excluding carboxylic acids is 2. The van der Waals surface area contributed by atoms with Crippen LogP contribution < -0.4 is 16.4 Å². The summed E-state index contributed by atoms with van der Waals surface area (Å²) in [5.41, 5.74) is 6.01. The van der Waals surface area contributed by atoms with Crippen LogP contribution in [0, 0.1) is 0 Å². The Balaban J connectivity index is 2.18. The van der Waals surface area contributed by atoms with E-state index in [0.717, 1.165) is 0 Å². The molecule has 98 valence electrons. The Labute approximate surface area is 108 Å². The first-order chi connectivity index (χ1) is 9.11. The van der Waals surface area contributed by atoms with Gasteiger partial charge in [-0.3, -0.25) is 9.59 Å². The van der Waals surface area contributed by atoms with Gasteiger partial charge in [0.05, 0.1) is 18.2 Å². The first kappa shape index (κ1) is 12.6. The molecule has 0 bridgehead atoms. The van der Waals surface area contributed by atoms with E-state index in [1.54, 1.807) is 12.1 Å². The van der Waals surface area contributed by atoms with Gasteiger partial charge in [-0.1, -0.05) is 0 Å². The zero-order valence-corrected chi connectivity index (χ0v) is 10.1. The van der Waals surface area contributed by atoms with Crippen molar-refractivity contribution in [2.75, 3.05) is 18.1 Å². The van der Waals surface area contributed by atoms with Crippen LogP contribution in [0.1, 0.15) is 21.0 Å². The van der Waals surface area contributed by atoms with Crippen molar-refractivity contribution in [3.63, 3.8) is 0 Å². The number of hydrogen-bond donors (Lipinski definition) is 4. The molecule has 2 aromatic heterocycles. The van der Waals surface area contributed by atoms with Gasteiger partial charge in [0.25, 0.3) is 11.8 Å². The lowest BCUT2D eigenvalue weighted by Gasteiger charge is -2.04. The lowest BCUT2D eigenvalue weighted by Crippen LogP contribution is -2.23. The minimum absolute atomic E-state index is 0.0103. The lowest BCUT2D eigenvalue weighted by atomic mass is 10.3. The highest BCUT2D eigenvalue weighted by atomic mass is 16.2. The minimum Gasteiger partial charge on any atom is -0.384 e. The highest BCUT2D eigenvalue weighted by Gasteiger charge is 2.19. The van der Waals surface area contributed by atoms with Crippen molar-refractivity contribution < 1.29 is 9.59 Å². The van der Waals surface area contributed by atoms with Crippen LogP contribution in [-0.2, 0) is 0 Å². The number of imidazole rings is 1. The number of H-pyrrole nitrogens is 1. The Kier molecular flexibility index (Phi) is 3.42. The summed E-state index contributed by atoms with van der Waals surface area (Å²) in [6, 6.07) is 3.16. The van der Waals surface area contributed by atoms with Crippen LogP contribution in [0.4, 0.5) is 11.5 Å². The van der Waals surface area contributed by atoms with Crippen LogP contribution in [0.2, 0.25) is 0 Å². The van der Waals surface area contributed by atoms with Gasteiger partial charge in [0.2, 0.25) is 0 Å². The molecule has 2 heterocycles. The zero-order valence-electron chi connectivity index (χ0n) is 10.1. The first-order valence-electron chi connectivity index (χ1n) is 5.40. The summed E-state index contributed by atoms with van der Waals surface area (Å²) < 4.78 is 0. The van der Waals surface area contributed by atoms with Gasteiger partial charge in [-0.25, -0.2) is 9.97 Å². The highest BCUT2D eigenvalue weighted by molar-refractivity contribution is 6.09. The SMILES string of the molecule is CNC(=O)c1[nH]cnc1C(=O)Nc1ccc(N)nc1. The van der Waals surface area contributed by atoms with E-state index in [1.807, 2.05) is 0 Å². The molecular weight excluding hydrogens is 248 g/mol. The molecule has 2 rings (SSSR count). The van der Waals surface area contributed by atoms with Gasteiger partial charge in [-0.2, -0.15) is 0 Å². The van der Waals surface area contributed by atoms with Gasteiger partial charge in [0.1, 0.15) is 11.5 Å². The van der Waals surface area contributed by atoms with E-state index in [9.17, 15) is 9.59 Å². The van der Waals surface area contributed by atoms with Gasteiger partial charge < -0.3 is 21.4 Å². The van der Waals surface area contributed by atoms with Crippen LogP contribution in [0.15, 0.2) is 24.7 Å². The maximum atomic E-state index is 12.0. The second kappa shape index (κ2) is 5.17. The van der Waals surface area contributed by atoms with E-state index in [-0.39, 0.29) is 11.4 Å². The van der Waals surface area contributed by atoms with Crippen LogP contribution in [0.5, 0.6) is 0 Å². The predicted octanol–water partition coefficient (Wildman–Crippen LogP) is -0.00120. The molecule has 2 aromatic rings. The number of nitrogens with zero attached hydrogens (tertiary/aromatic N) is 2. The van der Waals surface area contributed by atoms with E-state index in [4.69, 9.17) is 5.73 Å². The van der Waals surface area contributed by atoms with Crippen LogP contribution >= 0.6 is 0 Å². The van der Waals surface area contributed by atoms with Crippen molar-refractivity contribution in [2.24, 2.45) is 0 Å². The average molecular weight is 260 g/mol. The Morgan fingerprint density at radius 3 is 2.68 bits per heavy atom. The van der Waals surface area contributed by atoms with E-state index >= 15 is 0 Å². The van der Waals surface area contributed by atoms with E-state index < -0.39 is 11.8 Å². The lowest BCUT2D eigenvalue weighted by molar-refractivity contribution is 0.0943. The van der Waals surface area contributed by atoms with Crippen LogP contribution in [-0.4, -0.2) is 33.8 Å². The molecule has 0 aliphatic rings. The quantitative estimate of drug-likeness (QED) is 0.618. The van der Waals surface area contributed by atoms with Gasteiger partial charge in [0.15, 0.2) is 5.69 Å². The number of rotatable bonds is 3. The third-order valence-electron chi connectivity index (χ3n) is 2.35. The number of amides is 2. The van der Waals surface area contributed by atoms with Gasteiger partial charge in [0, 0.05) is 7.05 Å². The number of nitrogens with two attached hydrogens (primary N) is 1. The molecule has 19 heavy (non-hydrogen) atoms. The largest absolute Gasteiger partial charge is 0.384 e. The van der Waals surface area contributed by atoms with Gasteiger partial charge in [-0.15, -0.1) is 0 Å². The molecule has 0 aromatic carbocycles. The number of aromatic nitrogens is 3. The number of hydrogen-bond acceptors (Lipinski definition) is 5. The molecule has 8 nitrogen and oxygen atoms in total. The summed E-state index contributed by atoms with van der Waals surface area (Å²) in [6.07, 6.45) is 2.69. The van der Waals surface area contributed by atoms with Gasteiger partial charge in [-0.05, 0) is 12.1 Å². The molecule has 0 spiro atoms. The number of nitrogen functional groups attached to an aromatic ring is 1. The summed E-state index contributed by atoms with van der Waals surface area (Å²) in [7, 11) is 1.47. The van der Waals surface area contributed by atoms with Crippen molar-refractivity contribution in [2.45, 2.75) is 0 Å². The van der Waals surface area contributed by atoms with E-state index in [1.165, 1.54) is 19.6 Å². The van der Waals surface area contributed by atoms with Crippen molar-refractivity contribution in [3.05, 3.63) is 36.0 Å². The maximum absolute atomic E-state index is 12.0. The molecule has 0 fully saturated rings. The molecule has 8 heteroatoms. The van der Waals surface area contributed by atoms with E-state index in [2.05, 4.69) is 25.6 Å². The smallest absolute Gasteiger partial charge is 0.276 e. The second-order valence-corrected chi connectivity index (χ2v) is 3.63. The Morgan fingerprint density at radius 1 is 1.26 bits per heavy atom. The third-order valence-corrected chi connectivity index (χ3v) is 2.35. The summed E-state index contributed by atoms with van der Waals surface area (Å²) in [4.78, 5) is 33.8. The summed E-state index contributed by atoms with van der Waals surface area (Å²) in [6.45, 7) is 0. The first-order valence-corrected chi connectivity index (χ1v) is 5.40. The molecule has 0 saturated carbocycles. The summed E-state index contributed by atoms with van der Waals surface area (Å²) >= 11 is 0. The van der Waals surface area contributed by atoms with Crippen molar-refractivity contribution in [3.8, 4) is 0 Å². The minimum atomic E-state index is -0.508. The molecule has 0 aliphatic heterocycles. The maximum Gasteiger partial charge on any atom is 0.276 e. The molecule has 0 saturated heterocycles. The number of nitrogens with one attached hydrogen (secondary N) is 3. The standard InChI is InChI=1S/C11H12N6O2/c1-13-10(18)8-9(16-5-15-8)11(19)17-6-2-3-7(12)14-4-6/h2-5H,1H3,(H2,12,14)(H,13,18)(H,15,16)(H,17,19). The molecule has 0 atom stereocenters. The van der Waals surface area contributed by atoms with Gasteiger partial charge >= 0.3 is 0 Å². The Hall–Kier alpha value is -2.90. The van der Waals surface area contributed by atoms with Crippen molar-refractivity contribution in [1.29, 1.82) is 0 Å². The molecular formula is C11H12N6O2. The molecule has 0 unspecified atom stereocenters. The summed E-state index contributed by atoms with van der Waals surface area (Å²) in [5.74, 6) is -0.576. The summed E-state index contributed by atoms with van der Waals surface area (Å²) in [5, 5.41) is 4.99. The Bertz CT molecular complexity index is 604. The fraction of sp³-hybridized carbons (Fsp3) is 0.0909. The third kappa shape index (κ3) is 2.68. The van der Waals surface area contributed by atoms with Crippen LogP contribution in [0.3, 0.4) is 0 Å². The fourth-order valence-corrected chi connectivity index (χ4v) is 1.43. The van der Waals surface area contributed by atoms with Crippen molar-refractivity contribution in [1.82, 2.24) is 20.3 Å². The highest BCUT2D eigenvalue weighted by Crippen LogP contribution is 2.10. The molecule has 0 radical (unpaired) electrons. The average Bonchev–Trinajstić information content (AvgIpc) is 2.90. The van der Waals surface area contributed by atoms with Crippen LogP contribution in [0.25, 0.3) is 0 Å². The Morgan fingerprint density at radius 2 is 2.05 bits per heavy atom. The normalized spacial score (nSPS) is 9.95. The zero-order chi connectivity index (χ0) is 13.8. The number of carbonyl (C=O) groups is 2. The number of anilines is 2. The second-order valence-electron chi connectivity index (χ2n) is 3.63. The molecule has 2 amide bonds. The molecule has 5 N–H and O–H groups in total. The monoisotopic (exact) mass is 260 g/mol. The van der Waals surface area contributed by atoms with Crippen molar-refractivity contribution >= 4 is 23.3 Å². The topological polar surface area (TPSA) is 126 Å². The fourth-order valence-electron chi connectivity index (χ4n) is 1.43. The number of pyridine rings is 1. The van der Waals surface area contributed by atoms with E-state index in [0.29, 0.717) is 11.5 Å².